The van der Waals surface area contributed by atoms with Crippen molar-refractivity contribution in [2.75, 3.05) is 31.1 Å². The van der Waals surface area contributed by atoms with Gasteiger partial charge in [-0.15, -0.1) is 0 Å². The lowest BCUT2D eigenvalue weighted by Crippen LogP contribution is -2.51. The number of rotatable bonds is 5. The van der Waals surface area contributed by atoms with Crippen molar-refractivity contribution in [3.05, 3.63) is 76.5 Å². The molecule has 0 bridgehead atoms. The Bertz CT molecular complexity index is 1400. The Kier molecular flexibility index (Phi) is 6.07. The quantitative estimate of drug-likeness (QED) is 0.445. The number of benzene rings is 1. The Morgan fingerprint density at radius 2 is 1.69 bits per heavy atom. The van der Waals surface area contributed by atoms with Crippen LogP contribution in [0.2, 0.25) is 0 Å². The van der Waals surface area contributed by atoms with Crippen LogP contribution >= 0.6 is 0 Å². The van der Waals surface area contributed by atoms with E-state index in [1.54, 1.807) is 10.9 Å². The predicted molar refractivity (Wildman–Crippen MR) is 135 cm³/mol. The molecule has 1 unspecified atom stereocenters. The molecule has 1 aliphatic rings. The number of fused-ring (bicyclic) bond motifs is 1. The van der Waals surface area contributed by atoms with Gasteiger partial charge in [0, 0.05) is 32.4 Å². The zero-order valence-corrected chi connectivity index (χ0v) is 20.3. The fourth-order valence-corrected chi connectivity index (χ4v) is 4.77. The monoisotopic (exact) mass is 471 g/mol. The first kappa shape index (κ1) is 22.8. The van der Waals surface area contributed by atoms with Crippen molar-refractivity contribution in [3.8, 4) is 5.69 Å². The summed E-state index contributed by atoms with van der Waals surface area (Å²) in [4.78, 5) is 35.6. The van der Waals surface area contributed by atoms with E-state index in [1.807, 2.05) is 74.2 Å². The lowest BCUT2D eigenvalue weighted by Gasteiger charge is -2.37. The molecule has 0 spiro atoms. The first-order valence-electron chi connectivity index (χ1n) is 12.0. The van der Waals surface area contributed by atoms with Crippen LogP contribution < -0.4 is 10.5 Å². The van der Waals surface area contributed by atoms with Crippen LogP contribution in [0.25, 0.3) is 16.6 Å². The van der Waals surface area contributed by atoms with Gasteiger partial charge in [0.2, 0.25) is 5.91 Å². The number of carbonyl (C=O) groups excluding carboxylic acids is 1. The molecular formula is C26H29N7O2. The molecule has 0 radical (unpaired) electrons. The van der Waals surface area contributed by atoms with Crippen LogP contribution in [0.5, 0.6) is 0 Å². The highest BCUT2D eigenvalue weighted by Crippen LogP contribution is 2.22. The molecule has 1 aliphatic heterocycles. The summed E-state index contributed by atoms with van der Waals surface area (Å²) in [5.74, 6) is 0.839. The topological polar surface area (TPSA) is 89.2 Å². The standard InChI is InChI=1S/C26H29N7O2/c1-4-21(25(34)31-16-14-30(15-17-31)22-12-8-9-13-27-22)33-26(35)23-19(3)32(20-10-6-5-7-11-20)29-24(23)18(2)28-33/h5-13,21H,4,14-17H2,1-3H3. The molecule has 4 aromatic rings. The summed E-state index contributed by atoms with van der Waals surface area (Å²) in [7, 11) is 0. The number of anilines is 1. The molecule has 5 rings (SSSR count). The molecule has 1 fully saturated rings. The normalized spacial score (nSPS) is 14.9. The minimum absolute atomic E-state index is 0.0744. The molecule has 1 amide bonds. The van der Waals surface area contributed by atoms with Gasteiger partial charge in [0.15, 0.2) is 0 Å². The SMILES string of the molecule is CCC(C(=O)N1CCN(c2ccccn2)CC1)n1nc(C)c2nn(-c3ccccc3)c(C)c2c1=O. The second kappa shape index (κ2) is 9.32. The summed E-state index contributed by atoms with van der Waals surface area (Å²) in [6.45, 7) is 8.18. The van der Waals surface area contributed by atoms with Crippen molar-refractivity contribution in [2.45, 2.75) is 33.2 Å². The highest BCUT2D eigenvalue weighted by Gasteiger charge is 2.31. The fraction of sp³-hybridized carbons (Fsp3) is 0.346. The second-order valence-electron chi connectivity index (χ2n) is 8.82. The van der Waals surface area contributed by atoms with Crippen molar-refractivity contribution in [2.24, 2.45) is 0 Å². The van der Waals surface area contributed by atoms with Crippen molar-refractivity contribution < 1.29 is 4.79 Å². The molecule has 180 valence electrons. The fourth-order valence-electron chi connectivity index (χ4n) is 4.77. The zero-order chi connectivity index (χ0) is 24.5. The number of hydrogen-bond donors (Lipinski definition) is 0. The number of nitrogens with zero attached hydrogens (tertiary/aromatic N) is 7. The van der Waals surface area contributed by atoms with Crippen LogP contribution in [0.4, 0.5) is 5.82 Å². The van der Waals surface area contributed by atoms with Gasteiger partial charge in [-0.1, -0.05) is 31.2 Å². The molecule has 35 heavy (non-hydrogen) atoms. The molecule has 1 saturated heterocycles. The average Bonchev–Trinajstić information content (AvgIpc) is 3.26. The lowest BCUT2D eigenvalue weighted by atomic mass is 10.1. The highest BCUT2D eigenvalue weighted by molar-refractivity contribution is 5.84. The summed E-state index contributed by atoms with van der Waals surface area (Å²) in [6.07, 6.45) is 2.25. The predicted octanol–water partition coefficient (Wildman–Crippen LogP) is 2.89. The molecule has 9 heteroatoms. The number of carbonyl (C=O) groups is 1. The second-order valence-corrected chi connectivity index (χ2v) is 8.82. The van der Waals surface area contributed by atoms with Crippen LogP contribution in [0, 0.1) is 13.8 Å². The van der Waals surface area contributed by atoms with Gasteiger partial charge in [-0.05, 0) is 44.5 Å². The van der Waals surface area contributed by atoms with E-state index in [2.05, 4.69) is 20.1 Å². The number of amides is 1. The maximum atomic E-state index is 13.6. The third-order valence-electron chi connectivity index (χ3n) is 6.67. The van der Waals surface area contributed by atoms with Crippen LogP contribution in [0.3, 0.4) is 0 Å². The largest absolute Gasteiger partial charge is 0.353 e. The van der Waals surface area contributed by atoms with Gasteiger partial charge in [0.05, 0.1) is 22.5 Å². The molecule has 0 saturated carbocycles. The average molecular weight is 472 g/mol. The van der Waals surface area contributed by atoms with Gasteiger partial charge in [0.25, 0.3) is 5.56 Å². The maximum absolute atomic E-state index is 13.6. The van der Waals surface area contributed by atoms with E-state index < -0.39 is 6.04 Å². The Balaban J connectivity index is 1.45. The third kappa shape index (κ3) is 4.07. The summed E-state index contributed by atoms with van der Waals surface area (Å²) >= 11 is 0. The Hall–Kier alpha value is -4.01. The Morgan fingerprint density at radius 1 is 0.971 bits per heavy atom. The van der Waals surface area contributed by atoms with Crippen molar-refractivity contribution >= 4 is 22.6 Å². The minimum atomic E-state index is -0.661. The van der Waals surface area contributed by atoms with Gasteiger partial charge >= 0.3 is 0 Å². The van der Waals surface area contributed by atoms with Crippen LogP contribution in [-0.2, 0) is 4.79 Å². The number of aromatic nitrogens is 5. The molecule has 9 nitrogen and oxygen atoms in total. The number of para-hydroxylation sites is 1. The van der Waals surface area contributed by atoms with Crippen molar-refractivity contribution in [1.29, 1.82) is 0 Å². The van der Waals surface area contributed by atoms with Gasteiger partial charge in [-0.2, -0.15) is 10.2 Å². The smallest absolute Gasteiger partial charge is 0.278 e. The summed E-state index contributed by atoms with van der Waals surface area (Å²) in [5, 5.41) is 9.74. The first-order chi connectivity index (χ1) is 17.0. The first-order valence-corrected chi connectivity index (χ1v) is 12.0. The van der Waals surface area contributed by atoms with Crippen LogP contribution in [-0.4, -0.2) is 61.5 Å². The minimum Gasteiger partial charge on any atom is -0.353 e. The van der Waals surface area contributed by atoms with E-state index >= 15 is 0 Å². The summed E-state index contributed by atoms with van der Waals surface area (Å²) in [6, 6.07) is 14.9. The van der Waals surface area contributed by atoms with E-state index in [0.29, 0.717) is 49.2 Å². The number of aryl methyl sites for hydroxylation is 2. The van der Waals surface area contributed by atoms with E-state index in [1.165, 1.54) is 4.68 Å². The van der Waals surface area contributed by atoms with E-state index in [-0.39, 0.29) is 11.5 Å². The van der Waals surface area contributed by atoms with E-state index in [9.17, 15) is 9.59 Å². The van der Waals surface area contributed by atoms with Crippen molar-refractivity contribution in [3.63, 3.8) is 0 Å². The van der Waals surface area contributed by atoms with Crippen LogP contribution in [0.1, 0.15) is 30.8 Å². The van der Waals surface area contributed by atoms with E-state index in [0.717, 1.165) is 17.2 Å². The van der Waals surface area contributed by atoms with Gasteiger partial charge in [0.1, 0.15) is 17.4 Å². The van der Waals surface area contributed by atoms with Gasteiger partial charge in [-0.25, -0.2) is 14.3 Å². The van der Waals surface area contributed by atoms with Gasteiger partial charge in [-0.3, -0.25) is 9.59 Å². The number of hydrogen-bond acceptors (Lipinski definition) is 6. The molecule has 4 heterocycles. The van der Waals surface area contributed by atoms with Crippen molar-refractivity contribution in [1.82, 2.24) is 29.4 Å². The number of piperazine rings is 1. The third-order valence-corrected chi connectivity index (χ3v) is 6.67. The molecule has 1 aromatic carbocycles. The molecule has 3 aromatic heterocycles. The Morgan fingerprint density at radius 3 is 2.34 bits per heavy atom. The summed E-state index contributed by atoms with van der Waals surface area (Å²) in [5.41, 5.74) is 2.53. The lowest BCUT2D eigenvalue weighted by molar-refractivity contribution is -0.135. The van der Waals surface area contributed by atoms with Crippen LogP contribution in [0.15, 0.2) is 59.5 Å². The highest BCUT2D eigenvalue weighted by atomic mass is 16.2. The van der Waals surface area contributed by atoms with E-state index in [4.69, 9.17) is 0 Å². The van der Waals surface area contributed by atoms with Gasteiger partial charge < -0.3 is 9.80 Å². The Labute approximate surface area is 203 Å². The number of pyridine rings is 1. The molecule has 0 aliphatic carbocycles. The maximum Gasteiger partial charge on any atom is 0.278 e. The molecular weight excluding hydrogens is 442 g/mol. The zero-order valence-electron chi connectivity index (χ0n) is 20.3. The molecule has 1 atom stereocenters. The molecule has 0 N–H and O–H groups in total. The summed E-state index contributed by atoms with van der Waals surface area (Å²) < 4.78 is 3.14.